The molecule has 0 spiro atoms. The lowest BCUT2D eigenvalue weighted by Crippen LogP contribution is -2.16. The number of rotatable bonds is 2. The molecule has 1 aliphatic carbocycles. The van der Waals surface area contributed by atoms with Crippen LogP contribution in [0.1, 0.15) is 68.0 Å². The SMILES string of the molecule is c1ccc([C@@H]2CCCN2)c(C2CCCCC2)c1. The molecule has 1 heterocycles. The summed E-state index contributed by atoms with van der Waals surface area (Å²) in [5, 5.41) is 3.65. The summed E-state index contributed by atoms with van der Waals surface area (Å²) in [7, 11) is 0. The first-order chi connectivity index (χ1) is 8.45. The normalized spacial score (nSPS) is 26.2. The van der Waals surface area contributed by atoms with Gasteiger partial charge in [0.25, 0.3) is 0 Å². The molecular formula is C16H23N. The maximum Gasteiger partial charge on any atom is 0.0323 e. The van der Waals surface area contributed by atoms with Crippen LogP contribution in [-0.2, 0) is 0 Å². The highest BCUT2D eigenvalue weighted by molar-refractivity contribution is 5.33. The number of hydrogen-bond donors (Lipinski definition) is 1. The van der Waals surface area contributed by atoms with E-state index in [1.165, 1.54) is 51.5 Å². The van der Waals surface area contributed by atoms with Crippen molar-refractivity contribution in [2.75, 3.05) is 6.54 Å². The van der Waals surface area contributed by atoms with Crippen molar-refractivity contribution >= 4 is 0 Å². The molecule has 1 aliphatic heterocycles. The zero-order chi connectivity index (χ0) is 11.5. The first-order valence-corrected chi connectivity index (χ1v) is 7.27. The Morgan fingerprint density at radius 2 is 1.59 bits per heavy atom. The second kappa shape index (κ2) is 5.22. The van der Waals surface area contributed by atoms with Crippen molar-refractivity contribution in [1.82, 2.24) is 5.32 Å². The highest BCUT2D eigenvalue weighted by Gasteiger charge is 2.23. The van der Waals surface area contributed by atoms with Crippen molar-refractivity contribution < 1.29 is 0 Å². The number of benzene rings is 1. The van der Waals surface area contributed by atoms with E-state index in [4.69, 9.17) is 0 Å². The van der Waals surface area contributed by atoms with Crippen molar-refractivity contribution in [3.05, 3.63) is 35.4 Å². The Labute approximate surface area is 105 Å². The van der Waals surface area contributed by atoms with Gasteiger partial charge >= 0.3 is 0 Å². The van der Waals surface area contributed by atoms with E-state index in [1.807, 2.05) is 0 Å². The van der Waals surface area contributed by atoms with Gasteiger partial charge in [-0.3, -0.25) is 0 Å². The predicted molar refractivity (Wildman–Crippen MR) is 72.2 cm³/mol. The van der Waals surface area contributed by atoms with E-state index in [2.05, 4.69) is 29.6 Å². The molecule has 0 amide bonds. The molecular weight excluding hydrogens is 206 g/mol. The highest BCUT2D eigenvalue weighted by atomic mass is 14.9. The number of nitrogens with one attached hydrogen (secondary N) is 1. The summed E-state index contributed by atoms with van der Waals surface area (Å²) in [5.74, 6) is 0.836. The Morgan fingerprint density at radius 1 is 0.824 bits per heavy atom. The lowest BCUT2D eigenvalue weighted by molar-refractivity contribution is 0.438. The van der Waals surface area contributed by atoms with Gasteiger partial charge in [-0.1, -0.05) is 43.5 Å². The highest BCUT2D eigenvalue weighted by Crippen LogP contribution is 2.37. The van der Waals surface area contributed by atoms with Gasteiger partial charge in [0.05, 0.1) is 0 Å². The Balaban J connectivity index is 1.86. The fourth-order valence-corrected chi connectivity index (χ4v) is 3.56. The van der Waals surface area contributed by atoms with E-state index < -0.39 is 0 Å². The molecule has 3 rings (SSSR count). The minimum Gasteiger partial charge on any atom is -0.310 e. The first kappa shape index (κ1) is 11.3. The largest absolute Gasteiger partial charge is 0.310 e. The van der Waals surface area contributed by atoms with E-state index in [1.54, 1.807) is 11.1 Å². The number of hydrogen-bond acceptors (Lipinski definition) is 1. The van der Waals surface area contributed by atoms with Crippen LogP contribution in [0.4, 0.5) is 0 Å². The topological polar surface area (TPSA) is 12.0 Å². The van der Waals surface area contributed by atoms with Crippen LogP contribution in [0.2, 0.25) is 0 Å². The lowest BCUT2D eigenvalue weighted by Gasteiger charge is -2.26. The van der Waals surface area contributed by atoms with Gasteiger partial charge in [0.15, 0.2) is 0 Å². The van der Waals surface area contributed by atoms with E-state index in [9.17, 15) is 0 Å². The van der Waals surface area contributed by atoms with Crippen LogP contribution >= 0.6 is 0 Å². The average Bonchev–Trinajstić information content (AvgIpc) is 2.94. The lowest BCUT2D eigenvalue weighted by atomic mass is 9.80. The summed E-state index contributed by atoms with van der Waals surface area (Å²) in [5.41, 5.74) is 3.24. The molecule has 1 aromatic carbocycles. The minimum atomic E-state index is 0.633. The fourth-order valence-electron chi connectivity index (χ4n) is 3.56. The maximum atomic E-state index is 3.65. The summed E-state index contributed by atoms with van der Waals surface area (Å²) in [4.78, 5) is 0. The van der Waals surface area contributed by atoms with Crippen molar-refractivity contribution in [2.45, 2.75) is 56.9 Å². The molecule has 17 heavy (non-hydrogen) atoms. The summed E-state index contributed by atoms with van der Waals surface area (Å²) < 4.78 is 0. The molecule has 92 valence electrons. The second-order valence-corrected chi connectivity index (χ2v) is 5.61. The van der Waals surface area contributed by atoms with Crippen LogP contribution in [0, 0.1) is 0 Å². The van der Waals surface area contributed by atoms with Crippen LogP contribution in [0.25, 0.3) is 0 Å². The molecule has 2 fully saturated rings. The minimum absolute atomic E-state index is 0.633. The first-order valence-electron chi connectivity index (χ1n) is 7.27. The molecule has 0 bridgehead atoms. The van der Waals surface area contributed by atoms with Crippen LogP contribution < -0.4 is 5.32 Å². The van der Waals surface area contributed by atoms with E-state index in [-0.39, 0.29) is 0 Å². The molecule has 1 nitrogen and oxygen atoms in total. The molecule has 1 N–H and O–H groups in total. The summed E-state index contributed by atoms with van der Waals surface area (Å²) >= 11 is 0. The smallest absolute Gasteiger partial charge is 0.0323 e. The Bertz CT molecular complexity index is 360. The van der Waals surface area contributed by atoms with E-state index in [0.29, 0.717) is 6.04 Å². The molecule has 0 aromatic heterocycles. The monoisotopic (exact) mass is 229 g/mol. The molecule has 1 aromatic rings. The predicted octanol–water partition coefficient (Wildman–Crippen LogP) is 4.16. The molecule has 1 saturated heterocycles. The zero-order valence-corrected chi connectivity index (χ0v) is 10.6. The summed E-state index contributed by atoms with van der Waals surface area (Å²) in [6, 6.07) is 9.80. The third-order valence-corrected chi connectivity index (χ3v) is 4.48. The summed E-state index contributed by atoms with van der Waals surface area (Å²) in [6.07, 6.45) is 9.77. The van der Waals surface area contributed by atoms with Crippen molar-refractivity contribution in [1.29, 1.82) is 0 Å². The van der Waals surface area contributed by atoms with Gasteiger partial charge in [-0.05, 0) is 49.3 Å². The second-order valence-electron chi connectivity index (χ2n) is 5.61. The van der Waals surface area contributed by atoms with Crippen LogP contribution in [0.15, 0.2) is 24.3 Å². The average molecular weight is 229 g/mol. The van der Waals surface area contributed by atoms with Crippen LogP contribution in [0.5, 0.6) is 0 Å². The van der Waals surface area contributed by atoms with Gasteiger partial charge < -0.3 is 5.32 Å². The van der Waals surface area contributed by atoms with Crippen molar-refractivity contribution in [3.8, 4) is 0 Å². The van der Waals surface area contributed by atoms with Gasteiger partial charge in [-0.25, -0.2) is 0 Å². The zero-order valence-electron chi connectivity index (χ0n) is 10.6. The van der Waals surface area contributed by atoms with Crippen molar-refractivity contribution in [2.24, 2.45) is 0 Å². The molecule has 0 radical (unpaired) electrons. The van der Waals surface area contributed by atoms with Gasteiger partial charge in [0, 0.05) is 6.04 Å². The molecule has 2 aliphatic rings. The molecule has 1 heteroatoms. The molecule has 0 unspecified atom stereocenters. The van der Waals surface area contributed by atoms with Gasteiger partial charge in [-0.2, -0.15) is 0 Å². The van der Waals surface area contributed by atoms with E-state index >= 15 is 0 Å². The fraction of sp³-hybridized carbons (Fsp3) is 0.625. The summed E-state index contributed by atoms with van der Waals surface area (Å²) in [6.45, 7) is 1.20. The standard InChI is InChI=1S/C16H23N/c1-2-7-13(8-3-1)14-9-4-5-10-15(14)16-11-6-12-17-16/h4-5,9-10,13,16-17H,1-3,6-8,11-12H2/t16-/m0/s1. The maximum absolute atomic E-state index is 3.65. The van der Waals surface area contributed by atoms with E-state index in [0.717, 1.165) is 5.92 Å². The van der Waals surface area contributed by atoms with Gasteiger partial charge in [0.2, 0.25) is 0 Å². The third-order valence-electron chi connectivity index (χ3n) is 4.48. The Kier molecular flexibility index (Phi) is 3.46. The quantitative estimate of drug-likeness (QED) is 0.803. The van der Waals surface area contributed by atoms with Crippen LogP contribution in [-0.4, -0.2) is 6.54 Å². The molecule has 1 saturated carbocycles. The Hall–Kier alpha value is -0.820. The third kappa shape index (κ3) is 2.40. The van der Waals surface area contributed by atoms with Crippen molar-refractivity contribution in [3.63, 3.8) is 0 Å². The van der Waals surface area contributed by atoms with Crippen LogP contribution in [0.3, 0.4) is 0 Å². The van der Waals surface area contributed by atoms with Gasteiger partial charge in [0.1, 0.15) is 0 Å². The Morgan fingerprint density at radius 3 is 2.29 bits per heavy atom. The molecule has 1 atom stereocenters. The van der Waals surface area contributed by atoms with Gasteiger partial charge in [-0.15, -0.1) is 0 Å².